The van der Waals surface area contributed by atoms with E-state index in [1.165, 1.54) is 44.9 Å². The van der Waals surface area contributed by atoms with Crippen LogP contribution in [0.5, 0.6) is 0 Å². The molecule has 2 atom stereocenters. The third-order valence-electron chi connectivity index (χ3n) is 3.96. The van der Waals surface area contributed by atoms with Crippen molar-refractivity contribution in [3.8, 4) is 0 Å². The SMILES string of the molecule is COC1CCC(C2CCCCC2)NC1. The van der Waals surface area contributed by atoms with Crippen LogP contribution in [0.25, 0.3) is 0 Å². The summed E-state index contributed by atoms with van der Waals surface area (Å²) in [5.74, 6) is 0.960. The smallest absolute Gasteiger partial charge is 0.0696 e. The molecule has 1 N–H and O–H groups in total. The van der Waals surface area contributed by atoms with Crippen molar-refractivity contribution in [2.45, 2.75) is 57.1 Å². The summed E-state index contributed by atoms with van der Waals surface area (Å²) in [7, 11) is 1.83. The third-order valence-corrected chi connectivity index (χ3v) is 3.96. The minimum Gasteiger partial charge on any atom is -0.380 e. The lowest BCUT2D eigenvalue weighted by Crippen LogP contribution is -2.46. The molecule has 1 aliphatic heterocycles. The van der Waals surface area contributed by atoms with E-state index in [4.69, 9.17) is 4.74 Å². The zero-order valence-electron chi connectivity index (χ0n) is 9.30. The minimum absolute atomic E-state index is 0.467. The highest BCUT2D eigenvalue weighted by Crippen LogP contribution is 2.29. The van der Waals surface area contributed by atoms with Crippen molar-refractivity contribution in [1.82, 2.24) is 5.32 Å². The van der Waals surface area contributed by atoms with Crippen molar-refractivity contribution >= 4 is 0 Å². The summed E-state index contributed by atoms with van der Waals surface area (Å²) in [6.45, 7) is 1.07. The first-order chi connectivity index (χ1) is 6.90. The predicted octanol–water partition coefficient (Wildman–Crippen LogP) is 2.33. The first-order valence-corrected chi connectivity index (χ1v) is 6.16. The fraction of sp³-hybridized carbons (Fsp3) is 1.00. The van der Waals surface area contributed by atoms with Crippen molar-refractivity contribution in [1.29, 1.82) is 0 Å². The monoisotopic (exact) mass is 197 g/mol. The van der Waals surface area contributed by atoms with Gasteiger partial charge in [-0.2, -0.15) is 0 Å². The van der Waals surface area contributed by atoms with E-state index >= 15 is 0 Å². The summed E-state index contributed by atoms with van der Waals surface area (Å²) in [5, 5.41) is 3.66. The fourth-order valence-electron chi connectivity index (χ4n) is 2.99. The normalized spacial score (nSPS) is 35.8. The Labute approximate surface area is 87.4 Å². The van der Waals surface area contributed by atoms with Gasteiger partial charge in [-0.25, -0.2) is 0 Å². The predicted molar refractivity (Wildman–Crippen MR) is 58.4 cm³/mol. The lowest BCUT2D eigenvalue weighted by atomic mass is 9.80. The maximum absolute atomic E-state index is 5.36. The zero-order chi connectivity index (χ0) is 9.80. The molecule has 1 aliphatic carbocycles. The minimum atomic E-state index is 0.467. The van der Waals surface area contributed by atoms with Crippen LogP contribution in [0.3, 0.4) is 0 Å². The number of rotatable bonds is 2. The van der Waals surface area contributed by atoms with Crippen LogP contribution in [0.2, 0.25) is 0 Å². The average Bonchev–Trinajstić information content (AvgIpc) is 2.30. The van der Waals surface area contributed by atoms with Gasteiger partial charge in [0, 0.05) is 19.7 Å². The van der Waals surface area contributed by atoms with Crippen molar-refractivity contribution in [2.75, 3.05) is 13.7 Å². The van der Waals surface area contributed by atoms with Gasteiger partial charge in [-0.05, 0) is 31.6 Å². The van der Waals surface area contributed by atoms with Gasteiger partial charge >= 0.3 is 0 Å². The molecular weight excluding hydrogens is 174 g/mol. The van der Waals surface area contributed by atoms with Gasteiger partial charge in [0.15, 0.2) is 0 Å². The quantitative estimate of drug-likeness (QED) is 0.733. The summed E-state index contributed by atoms with van der Waals surface area (Å²) in [6, 6.07) is 0.793. The van der Waals surface area contributed by atoms with Gasteiger partial charge < -0.3 is 10.1 Å². The topological polar surface area (TPSA) is 21.3 Å². The number of hydrogen-bond acceptors (Lipinski definition) is 2. The highest BCUT2D eigenvalue weighted by Gasteiger charge is 2.27. The Balaban J connectivity index is 1.76. The summed E-state index contributed by atoms with van der Waals surface area (Å²) in [6.07, 6.45) is 10.3. The van der Waals surface area contributed by atoms with Crippen molar-refractivity contribution in [3.05, 3.63) is 0 Å². The molecule has 2 aliphatic rings. The maximum Gasteiger partial charge on any atom is 0.0696 e. The molecule has 0 aromatic heterocycles. The number of nitrogens with one attached hydrogen (secondary N) is 1. The second-order valence-corrected chi connectivity index (χ2v) is 4.85. The average molecular weight is 197 g/mol. The van der Waals surface area contributed by atoms with E-state index in [2.05, 4.69) is 5.32 Å². The Bertz CT molecular complexity index is 158. The molecule has 0 radical (unpaired) electrons. The van der Waals surface area contributed by atoms with Crippen LogP contribution in [0, 0.1) is 5.92 Å². The van der Waals surface area contributed by atoms with Crippen LogP contribution in [0.15, 0.2) is 0 Å². The van der Waals surface area contributed by atoms with Crippen LogP contribution in [-0.2, 0) is 4.74 Å². The molecule has 1 heterocycles. The number of hydrogen-bond donors (Lipinski definition) is 1. The van der Waals surface area contributed by atoms with Gasteiger partial charge in [-0.1, -0.05) is 19.3 Å². The summed E-state index contributed by atoms with van der Waals surface area (Å²) in [5.41, 5.74) is 0. The number of methoxy groups -OCH3 is 1. The first kappa shape index (κ1) is 10.4. The second-order valence-electron chi connectivity index (χ2n) is 4.85. The van der Waals surface area contributed by atoms with Crippen LogP contribution in [0.4, 0.5) is 0 Å². The zero-order valence-corrected chi connectivity index (χ0v) is 9.30. The second kappa shape index (κ2) is 5.13. The molecule has 0 bridgehead atoms. The van der Waals surface area contributed by atoms with E-state index in [9.17, 15) is 0 Å². The number of piperidine rings is 1. The van der Waals surface area contributed by atoms with Crippen LogP contribution in [-0.4, -0.2) is 25.8 Å². The van der Waals surface area contributed by atoms with Crippen molar-refractivity contribution in [2.24, 2.45) is 5.92 Å². The molecule has 2 fully saturated rings. The van der Waals surface area contributed by atoms with E-state index in [0.29, 0.717) is 6.10 Å². The molecule has 82 valence electrons. The Morgan fingerprint density at radius 2 is 1.79 bits per heavy atom. The van der Waals surface area contributed by atoms with Gasteiger partial charge in [0.25, 0.3) is 0 Å². The molecule has 0 amide bonds. The van der Waals surface area contributed by atoms with Gasteiger partial charge in [0.1, 0.15) is 0 Å². The lowest BCUT2D eigenvalue weighted by molar-refractivity contribution is 0.0591. The Kier molecular flexibility index (Phi) is 3.82. The molecule has 14 heavy (non-hydrogen) atoms. The summed E-state index contributed by atoms with van der Waals surface area (Å²) >= 11 is 0. The van der Waals surface area contributed by atoms with Gasteiger partial charge in [0.2, 0.25) is 0 Å². The molecule has 2 unspecified atom stereocenters. The molecule has 2 rings (SSSR count). The molecule has 1 saturated heterocycles. The van der Waals surface area contributed by atoms with Crippen LogP contribution < -0.4 is 5.32 Å². The fourth-order valence-corrected chi connectivity index (χ4v) is 2.99. The summed E-state index contributed by atoms with van der Waals surface area (Å²) in [4.78, 5) is 0. The van der Waals surface area contributed by atoms with E-state index < -0.39 is 0 Å². The van der Waals surface area contributed by atoms with Crippen LogP contribution in [0.1, 0.15) is 44.9 Å². The molecule has 0 aromatic rings. The Hall–Kier alpha value is -0.0800. The van der Waals surface area contributed by atoms with Gasteiger partial charge in [0.05, 0.1) is 6.10 Å². The standard InChI is InChI=1S/C12H23NO/c1-14-11-7-8-12(13-9-11)10-5-3-2-4-6-10/h10-13H,2-9H2,1H3. The molecule has 2 nitrogen and oxygen atoms in total. The molecule has 1 saturated carbocycles. The first-order valence-electron chi connectivity index (χ1n) is 6.16. The Morgan fingerprint density at radius 1 is 1.00 bits per heavy atom. The van der Waals surface area contributed by atoms with Crippen LogP contribution >= 0.6 is 0 Å². The Morgan fingerprint density at radius 3 is 2.36 bits per heavy atom. The summed E-state index contributed by atoms with van der Waals surface area (Å²) < 4.78 is 5.36. The highest BCUT2D eigenvalue weighted by molar-refractivity contribution is 4.84. The maximum atomic E-state index is 5.36. The van der Waals surface area contributed by atoms with Crippen molar-refractivity contribution in [3.63, 3.8) is 0 Å². The van der Waals surface area contributed by atoms with E-state index in [1.54, 1.807) is 0 Å². The number of ether oxygens (including phenoxy) is 1. The van der Waals surface area contributed by atoms with E-state index in [1.807, 2.05) is 7.11 Å². The van der Waals surface area contributed by atoms with E-state index in [-0.39, 0.29) is 0 Å². The third kappa shape index (κ3) is 2.48. The van der Waals surface area contributed by atoms with E-state index in [0.717, 1.165) is 18.5 Å². The highest BCUT2D eigenvalue weighted by atomic mass is 16.5. The van der Waals surface area contributed by atoms with Crippen molar-refractivity contribution < 1.29 is 4.74 Å². The van der Waals surface area contributed by atoms with Gasteiger partial charge in [-0.3, -0.25) is 0 Å². The molecular formula is C12H23NO. The molecule has 0 spiro atoms. The molecule has 0 aromatic carbocycles. The largest absolute Gasteiger partial charge is 0.380 e. The molecule has 2 heteroatoms. The van der Waals surface area contributed by atoms with Gasteiger partial charge in [-0.15, -0.1) is 0 Å². The lowest BCUT2D eigenvalue weighted by Gasteiger charge is -2.36.